The number of rotatable bonds is 8. The normalized spacial score (nSPS) is 15.4. The first-order valence-corrected chi connectivity index (χ1v) is 11.2. The molecule has 0 N–H and O–H groups in total. The van der Waals surface area contributed by atoms with Crippen molar-refractivity contribution in [3.63, 3.8) is 0 Å². The van der Waals surface area contributed by atoms with Crippen LogP contribution in [0.25, 0.3) is 6.08 Å². The highest BCUT2D eigenvalue weighted by Gasteiger charge is 2.29. The Balaban J connectivity index is 1.66. The van der Waals surface area contributed by atoms with Gasteiger partial charge in [-0.05, 0) is 65.7 Å². The lowest BCUT2D eigenvalue weighted by molar-refractivity contribution is 0.354. The van der Waals surface area contributed by atoms with Crippen LogP contribution in [0.5, 0.6) is 23.0 Å². The molecule has 3 aromatic carbocycles. The zero-order chi connectivity index (χ0) is 24.1. The molecule has 1 heterocycles. The first-order valence-electron chi connectivity index (χ1n) is 10.8. The summed E-state index contributed by atoms with van der Waals surface area (Å²) >= 11 is 6.12. The van der Waals surface area contributed by atoms with Crippen LogP contribution in [-0.2, 0) is 0 Å². The molecule has 0 fully saturated rings. The van der Waals surface area contributed by atoms with Crippen molar-refractivity contribution in [3.05, 3.63) is 82.9 Å². The lowest BCUT2D eigenvalue weighted by Crippen LogP contribution is -2.18. The molecule has 3 aromatic rings. The van der Waals surface area contributed by atoms with Gasteiger partial charge >= 0.3 is 0 Å². The molecule has 0 saturated carbocycles. The van der Waals surface area contributed by atoms with Crippen LogP contribution < -0.4 is 24.0 Å². The third kappa shape index (κ3) is 4.97. The summed E-state index contributed by atoms with van der Waals surface area (Å²) in [5, 5.41) is 7.63. The third-order valence-corrected chi connectivity index (χ3v) is 5.95. The summed E-state index contributed by atoms with van der Waals surface area (Å²) in [7, 11) is 6.53. The van der Waals surface area contributed by atoms with Crippen molar-refractivity contribution in [2.45, 2.75) is 12.5 Å². The summed E-state index contributed by atoms with van der Waals surface area (Å²) < 4.78 is 21.7. The Morgan fingerprint density at radius 2 is 1.38 bits per heavy atom. The summed E-state index contributed by atoms with van der Waals surface area (Å²) in [4.78, 5) is 0. The molecule has 176 valence electrons. The van der Waals surface area contributed by atoms with Gasteiger partial charge in [-0.15, -0.1) is 0 Å². The van der Waals surface area contributed by atoms with Gasteiger partial charge in [0.1, 0.15) is 0 Å². The summed E-state index contributed by atoms with van der Waals surface area (Å²) in [5.41, 5.74) is 3.97. The first kappa shape index (κ1) is 23.5. The van der Waals surface area contributed by atoms with Gasteiger partial charge in [0.2, 0.25) is 0 Å². The van der Waals surface area contributed by atoms with Crippen molar-refractivity contribution >= 4 is 29.1 Å². The lowest BCUT2D eigenvalue weighted by atomic mass is 10.00. The monoisotopic (exact) mass is 478 g/mol. The van der Waals surface area contributed by atoms with Gasteiger partial charge in [-0.25, -0.2) is 0 Å². The molecule has 0 bridgehead atoms. The van der Waals surface area contributed by atoms with Crippen molar-refractivity contribution in [3.8, 4) is 23.0 Å². The number of hydrazone groups is 1. The maximum atomic E-state index is 6.12. The van der Waals surface area contributed by atoms with Gasteiger partial charge in [0, 0.05) is 11.4 Å². The molecule has 0 aromatic heterocycles. The standard InChI is InChI=1S/C27H27ClN2O4/c1-31-24-13-6-18(15-26(24)33-3)5-10-21-17-23(19-7-14-25(32-2)27(16-19)34-4)30(29-21)22-11-8-20(28)9-12-22/h5-16,23H,17H2,1-4H3. The Bertz CT molecular complexity index is 1210. The number of hydrogen-bond acceptors (Lipinski definition) is 6. The van der Waals surface area contributed by atoms with Gasteiger partial charge in [0.05, 0.1) is 45.9 Å². The highest BCUT2D eigenvalue weighted by molar-refractivity contribution is 6.30. The van der Waals surface area contributed by atoms with Crippen LogP contribution in [0.1, 0.15) is 23.6 Å². The molecule has 1 aliphatic heterocycles. The largest absolute Gasteiger partial charge is 0.493 e. The minimum Gasteiger partial charge on any atom is -0.493 e. The van der Waals surface area contributed by atoms with E-state index in [0.717, 1.165) is 28.9 Å². The molecule has 34 heavy (non-hydrogen) atoms. The fourth-order valence-corrected chi connectivity index (χ4v) is 4.06. The minimum atomic E-state index is -0.00830. The molecule has 1 aliphatic rings. The highest BCUT2D eigenvalue weighted by Crippen LogP contribution is 2.39. The number of allylic oxidation sites excluding steroid dienone is 1. The van der Waals surface area contributed by atoms with Crippen LogP contribution in [0.15, 0.2) is 71.8 Å². The van der Waals surface area contributed by atoms with Gasteiger partial charge in [0.25, 0.3) is 0 Å². The smallest absolute Gasteiger partial charge is 0.161 e. The van der Waals surface area contributed by atoms with E-state index in [1.807, 2.05) is 77.8 Å². The van der Waals surface area contributed by atoms with Crippen LogP contribution in [0.3, 0.4) is 0 Å². The molecule has 0 aliphatic carbocycles. The number of ether oxygens (including phenoxy) is 4. The van der Waals surface area contributed by atoms with Gasteiger partial charge in [-0.3, -0.25) is 5.01 Å². The average molecular weight is 479 g/mol. The third-order valence-electron chi connectivity index (χ3n) is 5.69. The average Bonchev–Trinajstić information content (AvgIpc) is 3.31. The van der Waals surface area contributed by atoms with Crippen molar-refractivity contribution in [1.29, 1.82) is 0 Å². The second-order valence-electron chi connectivity index (χ2n) is 7.69. The number of methoxy groups -OCH3 is 4. The highest BCUT2D eigenvalue weighted by atomic mass is 35.5. The van der Waals surface area contributed by atoms with E-state index in [1.165, 1.54) is 0 Å². The number of nitrogens with zero attached hydrogens (tertiary/aromatic N) is 2. The number of halogens is 1. The van der Waals surface area contributed by atoms with Crippen LogP contribution in [0.4, 0.5) is 5.69 Å². The van der Waals surface area contributed by atoms with Crippen LogP contribution in [0, 0.1) is 0 Å². The van der Waals surface area contributed by atoms with E-state index in [-0.39, 0.29) is 6.04 Å². The molecule has 7 heteroatoms. The second kappa shape index (κ2) is 10.5. The molecule has 4 rings (SSSR count). The maximum Gasteiger partial charge on any atom is 0.161 e. The fraction of sp³-hybridized carbons (Fsp3) is 0.222. The number of anilines is 1. The number of benzene rings is 3. The molecule has 0 amide bonds. The fourth-order valence-electron chi connectivity index (χ4n) is 3.93. The van der Waals surface area contributed by atoms with E-state index in [0.29, 0.717) is 28.0 Å². The number of hydrogen-bond donors (Lipinski definition) is 0. The zero-order valence-electron chi connectivity index (χ0n) is 19.6. The van der Waals surface area contributed by atoms with E-state index < -0.39 is 0 Å². The summed E-state index contributed by atoms with van der Waals surface area (Å²) in [6.07, 6.45) is 4.78. The summed E-state index contributed by atoms with van der Waals surface area (Å²) in [5.74, 6) is 2.76. The van der Waals surface area contributed by atoms with Crippen LogP contribution >= 0.6 is 11.6 Å². The van der Waals surface area contributed by atoms with E-state index in [9.17, 15) is 0 Å². The van der Waals surface area contributed by atoms with Crippen molar-refractivity contribution in [2.24, 2.45) is 5.10 Å². The van der Waals surface area contributed by atoms with E-state index in [1.54, 1.807) is 28.4 Å². The maximum absolute atomic E-state index is 6.12. The van der Waals surface area contributed by atoms with Gasteiger partial charge in [-0.2, -0.15) is 5.10 Å². The molecule has 6 nitrogen and oxygen atoms in total. The Morgan fingerprint density at radius 1 is 0.765 bits per heavy atom. The Hall–Kier alpha value is -3.64. The topological polar surface area (TPSA) is 52.5 Å². The molecular formula is C27H27ClN2O4. The zero-order valence-corrected chi connectivity index (χ0v) is 20.4. The minimum absolute atomic E-state index is 0.00830. The van der Waals surface area contributed by atoms with Crippen LogP contribution in [0.2, 0.25) is 5.02 Å². The molecule has 0 spiro atoms. The predicted octanol–water partition coefficient (Wildman–Crippen LogP) is 6.40. The first-order chi connectivity index (χ1) is 16.6. The molecule has 1 atom stereocenters. The van der Waals surface area contributed by atoms with Crippen molar-refractivity contribution in [2.75, 3.05) is 33.4 Å². The van der Waals surface area contributed by atoms with Crippen LogP contribution in [-0.4, -0.2) is 34.2 Å². The quantitative estimate of drug-likeness (QED) is 0.375. The van der Waals surface area contributed by atoms with Crippen molar-refractivity contribution in [1.82, 2.24) is 0 Å². The van der Waals surface area contributed by atoms with Gasteiger partial charge in [0.15, 0.2) is 23.0 Å². The Kier molecular flexibility index (Phi) is 7.28. The van der Waals surface area contributed by atoms with Crippen molar-refractivity contribution < 1.29 is 18.9 Å². The van der Waals surface area contributed by atoms with E-state index in [2.05, 4.69) is 0 Å². The predicted molar refractivity (Wildman–Crippen MR) is 137 cm³/mol. The van der Waals surface area contributed by atoms with Gasteiger partial charge < -0.3 is 18.9 Å². The van der Waals surface area contributed by atoms with Gasteiger partial charge in [-0.1, -0.05) is 29.8 Å². The molecule has 1 unspecified atom stereocenters. The molecular weight excluding hydrogens is 452 g/mol. The lowest BCUT2D eigenvalue weighted by Gasteiger charge is -2.24. The van der Waals surface area contributed by atoms with E-state index in [4.69, 9.17) is 35.6 Å². The van der Waals surface area contributed by atoms with E-state index >= 15 is 0 Å². The molecule has 0 radical (unpaired) electrons. The Labute approximate surface area is 205 Å². The summed E-state index contributed by atoms with van der Waals surface area (Å²) in [6.45, 7) is 0. The second-order valence-corrected chi connectivity index (χ2v) is 8.13. The Morgan fingerprint density at radius 3 is 2.03 bits per heavy atom. The summed E-state index contributed by atoms with van der Waals surface area (Å²) in [6, 6.07) is 19.5. The SMILES string of the molecule is COc1ccc(C=CC2=NN(c3ccc(Cl)cc3)C(c3ccc(OC)c(OC)c3)C2)cc1OC. The molecule has 0 saturated heterocycles.